The number of carbonyl (C=O) groups is 1. The summed E-state index contributed by atoms with van der Waals surface area (Å²) >= 11 is 0. The second kappa shape index (κ2) is 4.81. The molecule has 2 atom stereocenters. The van der Waals surface area contributed by atoms with Gasteiger partial charge in [-0.1, -0.05) is 0 Å². The van der Waals surface area contributed by atoms with Crippen molar-refractivity contribution in [2.24, 2.45) is 11.1 Å². The molecule has 0 aromatic heterocycles. The molecule has 2 N–H and O–H groups in total. The van der Waals surface area contributed by atoms with E-state index in [0.29, 0.717) is 19.6 Å². The molecule has 1 rings (SSSR count). The van der Waals surface area contributed by atoms with Crippen molar-refractivity contribution in [3.05, 3.63) is 0 Å². The van der Waals surface area contributed by atoms with Gasteiger partial charge >= 0.3 is 0 Å². The van der Waals surface area contributed by atoms with Gasteiger partial charge in [0.25, 0.3) is 0 Å². The second-order valence-corrected chi connectivity index (χ2v) is 6.96. The lowest BCUT2D eigenvalue weighted by atomic mass is 9.80. The average molecular weight is 249 g/mol. The molecule has 1 aliphatic heterocycles. The molecule has 0 bridgehead atoms. The van der Waals surface area contributed by atoms with E-state index in [1.807, 2.05) is 0 Å². The third-order valence-corrected chi connectivity index (χ3v) is 4.10. The lowest BCUT2D eigenvalue weighted by Crippen LogP contribution is -2.44. The molecule has 16 heavy (non-hydrogen) atoms. The fraction of sp³-hybridized carbons (Fsp3) is 0.900. The van der Waals surface area contributed by atoms with Crippen molar-refractivity contribution in [3.63, 3.8) is 0 Å². The Balaban J connectivity index is 2.47. The fourth-order valence-corrected chi connectivity index (χ4v) is 2.43. The van der Waals surface area contributed by atoms with Crippen molar-refractivity contribution < 1.29 is 17.9 Å². The van der Waals surface area contributed by atoms with E-state index in [0.717, 1.165) is 0 Å². The lowest BCUT2D eigenvalue weighted by molar-refractivity contribution is -0.128. The molecular weight excluding hydrogens is 230 g/mol. The standard InChI is InChI=1S/C10H19NO4S/c1-10(7-15-6-8(10)11)9(12)4-3-5-16(2,13)14/h8H,3-7,11H2,1-2H3. The van der Waals surface area contributed by atoms with Crippen LogP contribution in [0.5, 0.6) is 0 Å². The first-order valence-electron chi connectivity index (χ1n) is 5.30. The summed E-state index contributed by atoms with van der Waals surface area (Å²) in [5.41, 5.74) is 5.17. The zero-order valence-electron chi connectivity index (χ0n) is 9.73. The Bertz CT molecular complexity index is 365. The Hall–Kier alpha value is -0.460. The Morgan fingerprint density at radius 3 is 2.62 bits per heavy atom. The minimum Gasteiger partial charge on any atom is -0.379 e. The van der Waals surface area contributed by atoms with Gasteiger partial charge in [0, 0.05) is 18.7 Å². The maximum absolute atomic E-state index is 11.9. The van der Waals surface area contributed by atoms with Gasteiger partial charge < -0.3 is 10.5 Å². The van der Waals surface area contributed by atoms with Gasteiger partial charge in [0.1, 0.15) is 15.6 Å². The first-order chi connectivity index (χ1) is 7.26. The number of sulfone groups is 1. The number of rotatable bonds is 5. The zero-order valence-corrected chi connectivity index (χ0v) is 10.5. The van der Waals surface area contributed by atoms with Crippen molar-refractivity contribution in [1.82, 2.24) is 0 Å². The van der Waals surface area contributed by atoms with E-state index in [-0.39, 0.29) is 24.0 Å². The summed E-state index contributed by atoms with van der Waals surface area (Å²) in [4.78, 5) is 11.9. The van der Waals surface area contributed by atoms with Crippen LogP contribution in [0.2, 0.25) is 0 Å². The third kappa shape index (κ3) is 3.26. The summed E-state index contributed by atoms with van der Waals surface area (Å²) < 4.78 is 27.0. The maximum atomic E-state index is 11.9. The summed E-state index contributed by atoms with van der Waals surface area (Å²) in [5.74, 6) is 0.0476. The number of ketones is 1. The molecule has 0 aliphatic carbocycles. The van der Waals surface area contributed by atoms with Crippen molar-refractivity contribution in [1.29, 1.82) is 0 Å². The molecular formula is C10H19NO4S. The van der Waals surface area contributed by atoms with E-state index < -0.39 is 15.3 Å². The molecule has 1 fully saturated rings. The zero-order chi connectivity index (χ0) is 12.4. The Morgan fingerprint density at radius 1 is 1.56 bits per heavy atom. The fourth-order valence-electron chi connectivity index (χ4n) is 1.76. The van der Waals surface area contributed by atoms with E-state index >= 15 is 0 Å². The number of hydrogen-bond acceptors (Lipinski definition) is 5. The van der Waals surface area contributed by atoms with Crippen LogP contribution in [0.1, 0.15) is 19.8 Å². The summed E-state index contributed by atoms with van der Waals surface area (Å²) in [6.45, 7) is 2.52. The second-order valence-electron chi connectivity index (χ2n) is 4.70. The first kappa shape index (κ1) is 13.6. The quantitative estimate of drug-likeness (QED) is 0.725. The van der Waals surface area contributed by atoms with Crippen molar-refractivity contribution in [2.45, 2.75) is 25.8 Å². The van der Waals surface area contributed by atoms with Gasteiger partial charge in [-0.2, -0.15) is 0 Å². The monoisotopic (exact) mass is 249 g/mol. The molecule has 0 spiro atoms. The molecule has 0 aromatic carbocycles. The minimum atomic E-state index is -2.99. The van der Waals surface area contributed by atoms with Gasteiger partial charge in [0.15, 0.2) is 0 Å². The van der Waals surface area contributed by atoms with Crippen molar-refractivity contribution in [2.75, 3.05) is 25.2 Å². The topological polar surface area (TPSA) is 86.5 Å². The predicted octanol–water partition coefficient (Wildman–Crippen LogP) is -0.256. The highest BCUT2D eigenvalue weighted by atomic mass is 32.2. The normalized spacial score (nSPS) is 30.6. The van der Waals surface area contributed by atoms with Crippen molar-refractivity contribution in [3.8, 4) is 0 Å². The van der Waals surface area contributed by atoms with Gasteiger partial charge in [-0.15, -0.1) is 0 Å². The molecule has 2 unspecified atom stereocenters. The van der Waals surface area contributed by atoms with E-state index in [4.69, 9.17) is 10.5 Å². The van der Waals surface area contributed by atoms with Gasteiger partial charge in [-0.05, 0) is 13.3 Å². The summed E-state index contributed by atoms with van der Waals surface area (Å²) in [5, 5.41) is 0. The molecule has 0 amide bonds. The van der Waals surface area contributed by atoms with Crippen LogP contribution in [0.25, 0.3) is 0 Å². The Morgan fingerprint density at radius 2 is 2.19 bits per heavy atom. The average Bonchev–Trinajstić information content (AvgIpc) is 2.46. The van der Waals surface area contributed by atoms with Gasteiger partial charge in [-0.25, -0.2) is 8.42 Å². The van der Waals surface area contributed by atoms with Crippen LogP contribution < -0.4 is 5.73 Å². The highest BCUT2D eigenvalue weighted by Gasteiger charge is 2.43. The highest BCUT2D eigenvalue weighted by molar-refractivity contribution is 7.90. The van der Waals surface area contributed by atoms with E-state index in [1.165, 1.54) is 6.26 Å². The van der Waals surface area contributed by atoms with Crippen molar-refractivity contribution >= 4 is 15.6 Å². The van der Waals surface area contributed by atoms with Crippen LogP contribution in [-0.2, 0) is 19.4 Å². The van der Waals surface area contributed by atoms with Crippen LogP contribution in [-0.4, -0.2) is 45.5 Å². The smallest absolute Gasteiger partial charge is 0.147 e. The molecule has 94 valence electrons. The number of carbonyl (C=O) groups excluding carboxylic acids is 1. The van der Waals surface area contributed by atoms with Crippen LogP contribution in [0.3, 0.4) is 0 Å². The third-order valence-electron chi connectivity index (χ3n) is 3.07. The van der Waals surface area contributed by atoms with Gasteiger partial charge in [0.05, 0.1) is 24.4 Å². The highest BCUT2D eigenvalue weighted by Crippen LogP contribution is 2.29. The number of Topliss-reactive ketones (excluding diaryl/α,β-unsaturated/α-hetero) is 1. The lowest BCUT2D eigenvalue weighted by Gasteiger charge is -2.24. The number of ether oxygens (including phenoxy) is 1. The van der Waals surface area contributed by atoms with Crippen LogP contribution in [0, 0.1) is 5.41 Å². The summed E-state index contributed by atoms with van der Waals surface area (Å²) in [7, 11) is -2.99. The number of nitrogens with two attached hydrogens (primary N) is 1. The van der Waals surface area contributed by atoms with Crippen LogP contribution in [0.4, 0.5) is 0 Å². The SMILES string of the molecule is CC1(C(=O)CCCS(C)(=O)=O)COCC1N. The minimum absolute atomic E-state index is 0.00106. The molecule has 5 nitrogen and oxygen atoms in total. The first-order valence-corrected chi connectivity index (χ1v) is 7.36. The molecule has 1 heterocycles. The molecule has 0 aromatic rings. The maximum Gasteiger partial charge on any atom is 0.147 e. The Labute approximate surface area is 96.3 Å². The van der Waals surface area contributed by atoms with Gasteiger partial charge in [0.2, 0.25) is 0 Å². The predicted molar refractivity (Wildman–Crippen MR) is 60.9 cm³/mol. The van der Waals surface area contributed by atoms with E-state index in [9.17, 15) is 13.2 Å². The summed E-state index contributed by atoms with van der Waals surface area (Å²) in [6.07, 6.45) is 1.78. The van der Waals surface area contributed by atoms with Crippen LogP contribution in [0.15, 0.2) is 0 Å². The summed E-state index contributed by atoms with van der Waals surface area (Å²) in [6, 6.07) is -0.279. The molecule has 1 saturated heterocycles. The molecule has 0 radical (unpaired) electrons. The number of hydrogen-bond donors (Lipinski definition) is 1. The molecule has 1 aliphatic rings. The van der Waals surface area contributed by atoms with E-state index in [2.05, 4.69) is 0 Å². The molecule has 0 saturated carbocycles. The Kier molecular flexibility index (Phi) is 4.09. The largest absolute Gasteiger partial charge is 0.379 e. The van der Waals surface area contributed by atoms with E-state index in [1.54, 1.807) is 6.92 Å². The van der Waals surface area contributed by atoms with Gasteiger partial charge in [-0.3, -0.25) is 4.79 Å². The van der Waals surface area contributed by atoms with Crippen LogP contribution >= 0.6 is 0 Å². The molecule has 6 heteroatoms.